The summed E-state index contributed by atoms with van der Waals surface area (Å²) in [5, 5.41) is 0.587. The van der Waals surface area contributed by atoms with E-state index in [0.717, 1.165) is 29.7 Å². The van der Waals surface area contributed by atoms with Gasteiger partial charge in [0.2, 0.25) is 0 Å². The first-order valence-electron chi connectivity index (χ1n) is 9.64. The molecule has 0 atom stereocenters. The smallest absolute Gasteiger partial charge is 0.332 e. The Morgan fingerprint density at radius 3 is 2.57 bits per heavy atom. The lowest BCUT2D eigenvalue weighted by molar-refractivity contribution is -0.152. The van der Waals surface area contributed by atoms with Crippen LogP contribution >= 0.6 is 11.3 Å². The van der Waals surface area contributed by atoms with Crippen molar-refractivity contribution in [2.75, 3.05) is 6.54 Å². The summed E-state index contributed by atoms with van der Waals surface area (Å²) in [5.41, 5.74) is -0.183. The molecule has 1 aliphatic carbocycles. The van der Waals surface area contributed by atoms with Gasteiger partial charge in [-0.3, -0.25) is 23.7 Å². The Morgan fingerprint density at radius 1 is 1.32 bits per heavy atom. The maximum atomic E-state index is 13.0. The third kappa shape index (κ3) is 4.11. The summed E-state index contributed by atoms with van der Waals surface area (Å²) in [7, 11) is 0. The molecule has 0 spiro atoms. The van der Waals surface area contributed by atoms with Crippen molar-refractivity contribution in [1.82, 2.24) is 9.13 Å². The second-order valence-corrected chi connectivity index (χ2v) is 9.20. The first kappa shape index (κ1) is 20.5. The lowest BCUT2D eigenvalue weighted by Gasteiger charge is -2.18. The van der Waals surface area contributed by atoms with E-state index in [1.54, 1.807) is 10.8 Å². The Morgan fingerprint density at radius 2 is 2.00 bits per heavy atom. The summed E-state index contributed by atoms with van der Waals surface area (Å²) < 4.78 is 8.37. The van der Waals surface area contributed by atoms with Crippen molar-refractivity contribution in [3.05, 3.63) is 31.3 Å². The van der Waals surface area contributed by atoms with Gasteiger partial charge in [-0.15, -0.1) is 11.3 Å². The van der Waals surface area contributed by atoms with Crippen molar-refractivity contribution in [1.29, 1.82) is 0 Å². The van der Waals surface area contributed by atoms with Crippen LogP contribution in [0.25, 0.3) is 10.2 Å². The molecule has 0 saturated heterocycles. The van der Waals surface area contributed by atoms with Crippen LogP contribution in [0.1, 0.15) is 63.4 Å². The molecule has 1 aliphatic rings. The molecule has 0 aromatic carbocycles. The number of thiophene rings is 1. The fourth-order valence-corrected chi connectivity index (χ4v) is 4.37. The molecular formula is C20H27N3O4S. The second kappa shape index (κ2) is 7.66. The van der Waals surface area contributed by atoms with Crippen LogP contribution in [0.2, 0.25) is 0 Å². The maximum Gasteiger partial charge on any atom is 0.332 e. The standard InChI is InChI=1S/C20H27N3O4S/c1-6-9-22-18-16(17(25)23(19(22)26)13-7-8-13)12(2)14(28-18)10-21-11-15(24)27-20(3,4)5/h10,13H,6-9,11H2,1-5H3. The first-order valence-corrected chi connectivity index (χ1v) is 10.5. The van der Waals surface area contributed by atoms with Crippen LogP contribution in [0.5, 0.6) is 0 Å². The van der Waals surface area contributed by atoms with E-state index in [4.69, 9.17) is 4.74 Å². The number of rotatable bonds is 6. The van der Waals surface area contributed by atoms with Crippen LogP contribution < -0.4 is 11.2 Å². The number of nitrogens with zero attached hydrogens (tertiary/aromatic N) is 3. The molecule has 0 bridgehead atoms. The maximum absolute atomic E-state index is 13.0. The van der Waals surface area contributed by atoms with E-state index in [1.807, 2.05) is 34.6 Å². The average molecular weight is 406 g/mol. The molecule has 0 radical (unpaired) electrons. The van der Waals surface area contributed by atoms with Crippen LogP contribution in [0.15, 0.2) is 14.6 Å². The highest BCUT2D eigenvalue weighted by atomic mass is 32.1. The summed E-state index contributed by atoms with van der Waals surface area (Å²) in [6, 6.07) is 0.0242. The van der Waals surface area contributed by atoms with E-state index >= 15 is 0 Å². The zero-order chi connectivity index (χ0) is 20.6. The third-order valence-corrected chi connectivity index (χ3v) is 5.74. The quantitative estimate of drug-likeness (QED) is 0.546. The fourth-order valence-electron chi connectivity index (χ4n) is 3.16. The Balaban J connectivity index is 2.00. The molecule has 2 heterocycles. The number of aryl methyl sites for hydroxylation is 2. The second-order valence-electron chi connectivity index (χ2n) is 8.17. The van der Waals surface area contributed by atoms with Gasteiger partial charge in [-0.05, 0) is 52.5 Å². The van der Waals surface area contributed by atoms with E-state index < -0.39 is 11.6 Å². The van der Waals surface area contributed by atoms with Crippen molar-refractivity contribution in [3.63, 3.8) is 0 Å². The van der Waals surface area contributed by atoms with E-state index in [0.29, 0.717) is 16.8 Å². The number of aliphatic imine (C=N–C) groups is 1. The van der Waals surface area contributed by atoms with Gasteiger partial charge in [0.15, 0.2) is 0 Å². The van der Waals surface area contributed by atoms with Gasteiger partial charge >= 0.3 is 11.7 Å². The molecule has 2 aromatic rings. The topological polar surface area (TPSA) is 82.7 Å². The number of esters is 1. The van der Waals surface area contributed by atoms with Crippen LogP contribution in [0.3, 0.4) is 0 Å². The highest BCUT2D eigenvalue weighted by Gasteiger charge is 2.30. The van der Waals surface area contributed by atoms with E-state index in [2.05, 4.69) is 4.99 Å². The largest absolute Gasteiger partial charge is 0.459 e. The number of carbonyl (C=O) groups excluding carboxylic acids is 1. The summed E-state index contributed by atoms with van der Waals surface area (Å²) in [5.74, 6) is -0.401. The number of hydrogen-bond donors (Lipinski definition) is 0. The number of aromatic nitrogens is 2. The van der Waals surface area contributed by atoms with Crippen LogP contribution in [-0.2, 0) is 16.1 Å². The molecule has 0 amide bonds. The Hall–Kier alpha value is -2.22. The molecule has 2 aromatic heterocycles. The minimum Gasteiger partial charge on any atom is -0.459 e. The van der Waals surface area contributed by atoms with Crippen molar-refractivity contribution >= 4 is 33.7 Å². The number of carbonyl (C=O) groups is 1. The van der Waals surface area contributed by atoms with Gasteiger partial charge in [0.1, 0.15) is 17.0 Å². The minimum absolute atomic E-state index is 0.0242. The molecule has 0 unspecified atom stereocenters. The highest BCUT2D eigenvalue weighted by molar-refractivity contribution is 7.20. The van der Waals surface area contributed by atoms with Crippen molar-refractivity contribution < 1.29 is 9.53 Å². The molecular weight excluding hydrogens is 378 g/mol. The van der Waals surface area contributed by atoms with Crippen LogP contribution in [0, 0.1) is 6.92 Å². The zero-order valence-electron chi connectivity index (χ0n) is 17.1. The van der Waals surface area contributed by atoms with Gasteiger partial charge in [-0.25, -0.2) is 4.79 Å². The van der Waals surface area contributed by atoms with E-state index in [-0.39, 0.29) is 23.8 Å². The summed E-state index contributed by atoms with van der Waals surface area (Å²) in [6.07, 6.45) is 4.16. The van der Waals surface area contributed by atoms with Gasteiger partial charge in [-0.1, -0.05) is 6.92 Å². The van der Waals surface area contributed by atoms with E-state index in [1.165, 1.54) is 15.9 Å². The number of fused-ring (bicyclic) bond motifs is 1. The molecule has 152 valence electrons. The fraction of sp³-hybridized carbons (Fsp3) is 0.600. The monoisotopic (exact) mass is 405 g/mol. The minimum atomic E-state index is -0.551. The summed E-state index contributed by atoms with van der Waals surface area (Å²) in [4.78, 5) is 43.4. The Labute approximate surface area is 167 Å². The summed E-state index contributed by atoms with van der Waals surface area (Å²) >= 11 is 1.37. The number of hydrogen-bond acceptors (Lipinski definition) is 6. The molecule has 7 nitrogen and oxygen atoms in total. The lowest BCUT2D eigenvalue weighted by Crippen LogP contribution is -2.39. The van der Waals surface area contributed by atoms with Crippen molar-refractivity contribution in [3.8, 4) is 0 Å². The predicted molar refractivity (Wildman–Crippen MR) is 112 cm³/mol. The van der Waals surface area contributed by atoms with Crippen LogP contribution in [-0.4, -0.2) is 33.5 Å². The molecule has 1 saturated carbocycles. The molecule has 28 heavy (non-hydrogen) atoms. The highest BCUT2D eigenvalue weighted by Crippen LogP contribution is 2.34. The van der Waals surface area contributed by atoms with Gasteiger partial charge in [-0.2, -0.15) is 0 Å². The molecule has 3 rings (SSSR count). The average Bonchev–Trinajstić information content (AvgIpc) is 3.35. The lowest BCUT2D eigenvalue weighted by atomic mass is 10.2. The van der Waals surface area contributed by atoms with Gasteiger partial charge in [0.25, 0.3) is 5.56 Å². The zero-order valence-corrected chi connectivity index (χ0v) is 17.9. The third-order valence-electron chi connectivity index (χ3n) is 4.49. The van der Waals surface area contributed by atoms with Gasteiger partial charge < -0.3 is 4.74 Å². The van der Waals surface area contributed by atoms with Crippen molar-refractivity contribution in [2.45, 2.75) is 72.1 Å². The van der Waals surface area contributed by atoms with Gasteiger partial charge in [0.05, 0.1) is 10.3 Å². The van der Waals surface area contributed by atoms with Crippen molar-refractivity contribution in [2.24, 2.45) is 4.99 Å². The first-order chi connectivity index (χ1) is 13.1. The molecule has 0 aliphatic heterocycles. The van der Waals surface area contributed by atoms with Gasteiger partial charge in [0, 0.05) is 18.8 Å². The molecule has 8 heteroatoms. The van der Waals surface area contributed by atoms with Crippen LogP contribution in [0.4, 0.5) is 0 Å². The number of ether oxygens (including phenoxy) is 1. The Kier molecular flexibility index (Phi) is 5.61. The predicted octanol–water partition coefficient (Wildman–Crippen LogP) is 3.04. The molecule has 0 N–H and O–H groups in total. The van der Waals surface area contributed by atoms with E-state index in [9.17, 15) is 14.4 Å². The SMILES string of the molecule is CCCn1c(=O)n(C2CC2)c(=O)c2c(C)c(C=NCC(=O)OC(C)(C)C)sc21. The summed E-state index contributed by atoms with van der Waals surface area (Å²) in [6.45, 7) is 9.78. The Bertz CT molecular complexity index is 1050. The normalized spacial score (nSPS) is 14.9. The molecule has 1 fully saturated rings.